The first kappa shape index (κ1) is 4.94. The van der Waals surface area contributed by atoms with E-state index in [1.54, 1.807) is 11.2 Å². The minimum absolute atomic E-state index is 0.613. The van der Waals surface area contributed by atoms with E-state index in [9.17, 15) is 0 Å². The van der Waals surface area contributed by atoms with Gasteiger partial charge in [0.2, 0.25) is 0 Å². The second-order valence-electron chi connectivity index (χ2n) is 1.29. The van der Waals surface area contributed by atoms with Gasteiger partial charge < -0.3 is 5.43 Å². The number of hydrogen-bond donors (Lipinski definition) is 1. The lowest BCUT2D eigenvalue weighted by Crippen LogP contribution is -2.21. The molecule has 1 rings (SSSR count). The van der Waals surface area contributed by atoms with Crippen molar-refractivity contribution in [3.8, 4) is 0 Å². The molecule has 0 saturated carbocycles. The maximum Gasteiger partial charge on any atom is 0.131 e. The van der Waals surface area contributed by atoms with Crippen LogP contribution in [-0.2, 0) is 0 Å². The summed E-state index contributed by atoms with van der Waals surface area (Å²) in [6.45, 7) is 2.77. The molecule has 0 amide bonds. The molecule has 0 aromatic carbocycles. The predicted octanol–water partition coefficient (Wildman–Crippen LogP) is 0.555. The Labute approximate surface area is 47.7 Å². The van der Waals surface area contributed by atoms with Gasteiger partial charge in [0.15, 0.2) is 0 Å². The Balaban J connectivity index is 2.42. The van der Waals surface area contributed by atoms with Crippen molar-refractivity contribution < 1.29 is 0 Å². The summed E-state index contributed by atoms with van der Waals surface area (Å²) >= 11 is 5.45. The van der Waals surface area contributed by atoms with Crippen molar-refractivity contribution in [1.82, 2.24) is 10.4 Å². The molecule has 0 aromatic heterocycles. The molecule has 0 saturated heterocycles. The van der Waals surface area contributed by atoms with E-state index in [1.165, 1.54) is 0 Å². The Morgan fingerprint density at radius 3 is 2.86 bits per heavy atom. The first-order valence-electron chi connectivity index (χ1n) is 1.91. The summed E-state index contributed by atoms with van der Waals surface area (Å²) in [5, 5.41) is 2.27. The second kappa shape index (κ2) is 1.72. The summed E-state index contributed by atoms with van der Waals surface area (Å²) in [5.41, 5.74) is 2.80. The van der Waals surface area contributed by atoms with Crippen LogP contribution in [0.5, 0.6) is 0 Å². The van der Waals surface area contributed by atoms with Gasteiger partial charge in [0.1, 0.15) is 6.54 Å². The van der Waals surface area contributed by atoms with Crippen LogP contribution in [0.4, 0.5) is 0 Å². The van der Waals surface area contributed by atoms with Gasteiger partial charge >= 0.3 is 0 Å². The summed E-state index contributed by atoms with van der Waals surface area (Å²) in [6, 6.07) is 0. The molecule has 1 N–H and O–H groups in total. The first-order chi connectivity index (χ1) is 3.29. The summed E-state index contributed by atoms with van der Waals surface area (Å²) in [4.78, 5) is 0. The molecule has 38 valence electrons. The van der Waals surface area contributed by atoms with E-state index in [4.69, 9.17) is 11.6 Å². The highest BCUT2D eigenvalue weighted by atomic mass is 35.5. The van der Waals surface area contributed by atoms with Gasteiger partial charge in [-0.05, 0) is 0 Å². The number of hydrogen-bond acceptors (Lipinski definition) is 2. The fraction of sp³-hybridized carbons (Fsp3) is 0.250. The quantitative estimate of drug-likeness (QED) is 0.498. The standard InChI is InChI=1S/C4H5ClN2/c1-7-3-4(5)2-6-7/h2,6H,1H3. The molecule has 1 aliphatic rings. The van der Waals surface area contributed by atoms with Gasteiger partial charge in [-0.1, -0.05) is 11.6 Å². The number of nitrogens with zero attached hydrogens (tertiary/aromatic N) is 1. The van der Waals surface area contributed by atoms with Gasteiger partial charge in [-0.2, -0.15) is 0 Å². The second-order valence-corrected chi connectivity index (χ2v) is 1.70. The van der Waals surface area contributed by atoms with E-state index in [0.717, 1.165) is 0 Å². The molecule has 0 bridgehead atoms. The normalized spacial score (nSPS) is 21.7. The van der Waals surface area contributed by atoms with Crippen LogP contribution in [0, 0.1) is 6.54 Å². The smallest absolute Gasteiger partial charge is 0.131 e. The van der Waals surface area contributed by atoms with Crippen LogP contribution in [-0.4, -0.2) is 12.1 Å². The molecular weight excluding hydrogens is 112 g/mol. The Bertz CT molecular complexity index is 99.9. The zero-order valence-electron chi connectivity index (χ0n) is 3.90. The van der Waals surface area contributed by atoms with E-state index < -0.39 is 0 Å². The highest BCUT2D eigenvalue weighted by Gasteiger charge is 2.06. The third-order valence-corrected chi connectivity index (χ3v) is 0.853. The van der Waals surface area contributed by atoms with E-state index in [1.807, 2.05) is 7.05 Å². The monoisotopic (exact) mass is 116 g/mol. The number of rotatable bonds is 0. The summed E-state index contributed by atoms with van der Waals surface area (Å²) in [6.07, 6.45) is 1.67. The average molecular weight is 117 g/mol. The minimum atomic E-state index is 0.613. The molecule has 1 heterocycles. The fourth-order valence-corrected chi connectivity index (χ4v) is 0.554. The largest absolute Gasteiger partial charge is 0.324 e. The van der Waals surface area contributed by atoms with Crippen LogP contribution in [0.15, 0.2) is 11.2 Å². The molecular formula is C4H5ClN2. The molecule has 3 heteroatoms. The van der Waals surface area contributed by atoms with Crippen molar-refractivity contribution in [3.63, 3.8) is 0 Å². The van der Waals surface area contributed by atoms with Crippen LogP contribution in [0.2, 0.25) is 0 Å². The lowest BCUT2D eigenvalue weighted by Gasteiger charge is -2.03. The number of hydrazine groups is 1. The van der Waals surface area contributed by atoms with Gasteiger partial charge in [-0.25, -0.2) is 5.01 Å². The number of nitrogens with one attached hydrogen (secondary N) is 1. The Kier molecular flexibility index (Phi) is 1.21. The Morgan fingerprint density at radius 1 is 2.00 bits per heavy atom. The molecule has 0 unspecified atom stereocenters. The van der Waals surface area contributed by atoms with Crippen LogP contribution in [0.1, 0.15) is 0 Å². The van der Waals surface area contributed by atoms with Gasteiger partial charge in [0.25, 0.3) is 0 Å². The molecule has 2 nitrogen and oxygen atoms in total. The van der Waals surface area contributed by atoms with E-state index in [-0.39, 0.29) is 0 Å². The lowest BCUT2D eigenvalue weighted by atomic mass is 10.6. The molecule has 0 aliphatic carbocycles. The molecule has 7 heavy (non-hydrogen) atoms. The van der Waals surface area contributed by atoms with Crippen molar-refractivity contribution in [2.75, 3.05) is 7.05 Å². The lowest BCUT2D eigenvalue weighted by molar-refractivity contribution is 0.377. The van der Waals surface area contributed by atoms with E-state index in [2.05, 4.69) is 12.0 Å². The predicted molar refractivity (Wildman–Crippen MR) is 28.1 cm³/mol. The van der Waals surface area contributed by atoms with Gasteiger partial charge in [0.05, 0.1) is 5.03 Å². The topological polar surface area (TPSA) is 15.3 Å². The third-order valence-electron chi connectivity index (χ3n) is 0.659. The van der Waals surface area contributed by atoms with Crippen molar-refractivity contribution in [3.05, 3.63) is 17.8 Å². The van der Waals surface area contributed by atoms with Crippen LogP contribution < -0.4 is 5.43 Å². The van der Waals surface area contributed by atoms with Crippen LogP contribution in [0.25, 0.3) is 0 Å². The summed E-state index contributed by atoms with van der Waals surface area (Å²) in [5.74, 6) is 0. The van der Waals surface area contributed by atoms with Crippen molar-refractivity contribution in [1.29, 1.82) is 0 Å². The average Bonchev–Trinajstić information content (AvgIpc) is 1.87. The Hall–Kier alpha value is -0.210. The van der Waals surface area contributed by atoms with Gasteiger partial charge in [-0.15, -0.1) is 0 Å². The Morgan fingerprint density at radius 2 is 2.71 bits per heavy atom. The molecule has 0 atom stereocenters. The van der Waals surface area contributed by atoms with E-state index in [0.29, 0.717) is 5.03 Å². The maximum absolute atomic E-state index is 5.45. The SMILES string of the molecule is CN1[C]C(Cl)=CN1. The highest BCUT2D eigenvalue weighted by Crippen LogP contribution is 2.10. The van der Waals surface area contributed by atoms with Crippen LogP contribution in [0.3, 0.4) is 0 Å². The van der Waals surface area contributed by atoms with Crippen molar-refractivity contribution >= 4 is 11.6 Å². The minimum Gasteiger partial charge on any atom is -0.324 e. The highest BCUT2D eigenvalue weighted by molar-refractivity contribution is 6.30. The fourth-order valence-electron chi connectivity index (χ4n) is 0.378. The van der Waals surface area contributed by atoms with Crippen LogP contribution >= 0.6 is 11.6 Å². The zero-order valence-corrected chi connectivity index (χ0v) is 4.66. The molecule has 2 radical (unpaired) electrons. The first-order valence-corrected chi connectivity index (χ1v) is 2.29. The van der Waals surface area contributed by atoms with E-state index >= 15 is 0 Å². The van der Waals surface area contributed by atoms with Crippen molar-refractivity contribution in [2.45, 2.75) is 0 Å². The molecule has 0 aromatic rings. The summed E-state index contributed by atoms with van der Waals surface area (Å²) in [7, 11) is 1.83. The maximum atomic E-state index is 5.45. The van der Waals surface area contributed by atoms with Crippen molar-refractivity contribution in [2.24, 2.45) is 0 Å². The molecule has 0 spiro atoms. The zero-order chi connectivity index (χ0) is 5.28. The molecule has 1 aliphatic heterocycles. The molecule has 0 fully saturated rings. The van der Waals surface area contributed by atoms with Gasteiger partial charge in [0, 0.05) is 13.2 Å². The summed E-state index contributed by atoms with van der Waals surface area (Å²) < 4.78 is 0. The number of likely N-dealkylation sites (N-methyl/N-ethyl adjacent to an activating group) is 1. The number of halogens is 1. The third kappa shape index (κ3) is 1.08. The van der Waals surface area contributed by atoms with Gasteiger partial charge in [-0.3, -0.25) is 0 Å².